The Balaban J connectivity index is 2.07. The van der Waals surface area contributed by atoms with Crippen molar-refractivity contribution in [1.29, 1.82) is 0 Å². The normalized spacial score (nSPS) is 15.0. The van der Waals surface area contributed by atoms with Crippen LogP contribution in [0.3, 0.4) is 0 Å². The van der Waals surface area contributed by atoms with Crippen LogP contribution in [0.25, 0.3) is 11.3 Å². The molecule has 20 heavy (non-hydrogen) atoms. The number of imidazole rings is 1. The van der Waals surface area contributed by atoms with Gasteiger partial charge in [-0.05, 0) is 44.2 Å². The second-order valence-electron chi connectivity index (χ2n) is 5.98. The largest absolute Gasteiger partial charge is 0.383 e. The summed E-state index contributed by atoms with van der Waals surface area (Å²) in [5.41, 5.74) is 9.88. The van der Waals surface area contributed by atoms with Gasteiger partial charge in [-0.2, -0.15) is 0 Å². The van der Waals surface area contributed by atoms with Gasteiger partial charge in [0.05, 0.1) is 0 Å². The Labute approximate surface area is 120 Å². The number of rotatable bonds is 4. The Hall–Kier alpha value is -1.77. The highest BCUT2D eigenvalue weighted by atomic mass is 15.2. The van der Waals surface area contributed by atoms with Gasteiger partial charge in [0.2, 0.25) is 0 Å². The van der Waals surface area contributed by atoms with E-state index in [1.54, 1.807) is 0 Å². The summed E-state index contributed by atoms with van der Waals surface area (Å²) in [7, 11) is 0. The first-order valence-electron chi connectivity index (χ1n) is 7.58. The molecule has 0 amide bonds. The van der Waals surface area contributed by atoms with Gasteiger partial charge in [-0.25, -0.2) is 4.98 Å². The molecule has 1 aliphatic rings. The van der Waals surface area contributed by atoms with E-state index in [0.717, 1.165) is 35.2 Å². The number of nitrogens with two attached hydrogens (primary N) is 1. The average Bonchev–Trinajstić information content (AvgIpc) is 3.22. The van der Waals surface area contributed by atoms with Gasteiger partial charge in [0.1, 0.15) is 17.3 Å². The van der Waals surface area contributed by atoms with E-state index in [9.17, 15) is 0 Å². The van der Waals surface area contributed by atoms with Crippen LogP contribution in [0.5, 0.6) is 0 Å². The zero-order valence-corrected chi connectivity index (χ0v) is 12.6. The summed E-state index contributed by atoms with van der Waals surface area (Å²) in [6, 6.07) is 9.08. The van der Waals surface area contributed by atoms with Gasteiger partial charge in [0, 0.05) is 18.0 Å². The molecule has 3 rings (SSSR count). The van der Waals surface area contributed by atoms with Crippen molar-refractivity contribution in [3.63, 3.8) is 0 Å². The molecule has 1 fully saturated rings. The average molecular weight is 269 g/mol. The van der Waals surface area contributed by atoms with E-state index >= 15 is 0 Å². The summed E-state index contributed by atoms with van der Waals surface area (Å²) in [5.74, 6) is 2.63. The molecule has 0 saturated heterocycles. The smallest absolute Gasteiger partial charge is 0.131 e. The minimum atomic E-state index is 0.345. The topological polar surface area (TPSA) is 43.8 Å². The van der Waals surface area contributed by atoms with Crippen molar-refractivity contribution in [2.75, 3.05) is 5.73 Å². The highest BCUT2D eigenvalue weighted by Gasteiger charge is 2.24. The fourth-order valence-corrected chi connectivity index (χ4v) is 2.89. The fourth-order valence-electron chi connectivity index (χ4n) is 2.89. The SMILES string of the molecule is CCc1nc(-c2cccc(C3CC3)c2)c(N)n1C(C)C. The number of benzene rings is 1. The van der Waals surface area contributed by atoms with Gasteiger partial charge in [-0.3, -0.25) is 0 Å². The Morgan fingerprint density at radius 1 is 1.35 bits per heavy atom. The summed E-state index contributed by atoms with van der Waals surface area (Å²) < 4.78 is 2.15. The van der Waals surface area contributed by atoms with Crippen LogP contribution < -0.4 is 5.73 Å². The first-order chi connectivity index (χ1) is 9.61. The highest BCUT2D eigenvalue weighted by Crippen LogP contribution is 2.41. The molecule has 106 valence electrons. The Kier molecular flexibility index (Phi) is 3.28. The van der Waals surface area contributed by atoms with E-state index < -0.39 is 0 Å². The lowest BCUT2D eigenvalue weighted by Gasteiger charge is -2.12. The Morgan fingerprint density at radius 2 is 2.10 bits per heavy atom. The number of aryl methyl sites for hydroxylation is 1. The maximum atomic E-state index is 6.35. The van der Waals surface area contributed by atoms with Crippen molar-refractivity contribution in [2.24, 2.45) is 0 Å². The number of aromatic nitrogens is 2. The van der Waals surface area contributed by atoms with E-state index in [-0.39, 0.29) is 0 Å². The van der Waals surface area contributed by atoms with Crippen molar-refractivity contribution in [3.8, 4) is 11.3 Å². The van der Waals surface area contributed by atoms with Crippen LogP contribution in [-0.2, 0) is 6.42 Å². The van der Waals surface area contributed by atoms with Crippen molar-refractivity contribution < 1.29 is 0 Å². The van der Waals surface area contributed by atoms with Gasteiger partial charge < -0.3 is 10.3 Å². The molecule has 1 aliphatic carbocycles. The molecular weight excluding hydrogens is 246 g/mol. The summed E-state index contributed by atoms with van der Waals surface area (Å²) in [5, 5.41) is 0. The molecule has 0 bridgehead atoms. The molecule has 3 heteroatoms. The van der Waals surface area contributed by atoms with Crippen molar-refractivity contribution >= 4 is 5.82 Å². The summed E-state index contributed by atoms with van der Waals surface area (Å²) in [6.07, 6.45) is 3.55. The standard InChI is InChI=1S/C17H23N3/c1-4-15-19-16(17(18)20(15)11(2)3)14-7-5-6-13(10-14)12-8-9-12/h5-7,10-12H,4,8-9,18H2,1-3H3. The van der Waals surface area contributed by atoms with Crippen molar-refractivity contribution in [1.82, 2.24) is 9.55 Å². The highest BCUT2D eigenvalue weighted by molar-refractivity contribution is 5.72. The lowest BCUT2D eigenvalue weighted by atomic mass is 10.1. The Bertz CT molecular complexity index is 621. The maximum Gasteiger partial charge on any atom is 0.131 e. The maximum absolute atomic E-state index is 6.35. The first-order valence-corrected chi connectivity index (χ1v) is 7.58. The molecule has 1 aromatic heterocycles. The molecule has 2 aromatic rings. The number of hydrogen-bond donors (Lipinski definition) is 1. The van der Waals surface area contributed by atoms with E-state index in [1.165, 1.54) is 18.4 Å². The van der Waals surface area contributed by atoms with Crippen LogP contribution in [0.15, 0.2) is 24.3 Å². The van der Waals surface area contributed by atoms with Crippen LogP contribution in [0.2, 0.25) is 0 Å². The summed E-state index contributed by atoms with van der Waals surface area (Å²) >= 11 is 0. The zero-order valence-electron chi connectivity index (χ0n) is 12.6. The molecule has 2 N–H and O–H groups in total. The van der Waals surface area contributed by atoms with E-state index in [0.29, 0.717) is 6.04 Å². The molecule has 0 aliphatic heterocycles. The Morgan fingerprint density at radius 3 is 2.65 bits per heavy atom. The third-order valence-corrected chi connectivity index (χ3v) is 4.06. The molecule has 0 atom stereocenters. The lowest BCUT2D eigenvalue weighted by Crippen LogP contribution is -2.08. The fraction of sp³-hybridized carbons (Fsp3) is 0.471. The summed E-state index contributed by atoms with van der Waals surface area (Å²) in [6.45, 7) is 6.44. The van der Waals surface area contributed by atoms with Crippen LogP contribution in [0, 0.1) is 0 Å². The second kappa shape index (κ2) is 4.97. The van der Waals surface area contributed by atoms with E-state index in [4.69, 9.17) is 10.7 Å². The third kappa shape index (κ3) is 2.21. The minimum absolute atomic E-state index is 0.345. The van der Waals surface area contributed by atoms with Gasteiger partial charge in [-0.15, -0.1) is 0 Å². The monoisotopic (exact) mass is 269 g/mol. The first kappa shape index (κ1) is 13.2. The van der Waals surface area contributed by atoms with Gasteiger partial charge >= 0.3 is 0 Å². The molecular formula is C17H23N3. The predicted molar refractivity (Wildman–Crippen MR) is 83.8 cm³/mol. The number of nitrogens with zero attached hydrogens (tertiary/aromatic N) is 2. The molecule has 0 spiro atoms. The van der Waals surface area contributed by atoms with Gasteiger partial charge in [0.15, 0.2) is 0 Å². The quantitative estimate of drug-likeness (QED) is 0.906. The molecule has 3 nitrogen and oxygen atoms in total. The minimum Gasteiger partial charge on any atom is -0.383 e. The lowest BCUT2D eigenvalue weighted by molar-refractivity contribution is 0.579. The van der Waals surface area contributed by atoms with Gasteiger partial charge in [0.25, 0.3) is 0 Å². The molecule has 1 aromatic carbocycles. The second-order valence-corrected chi connectivity index (χ2v) is 5.98. The van der Waals surface area contributed by atoms with Gasteiger partial charge in [-0.1, -0.05) is 25.1 Å². The van der Waals surface area contributed by atoms with E-state index in [2.05, 4.69) is 49.6 Å². The molecule has 0 radical (unpaired) electrons. The van der Waals surface area contributed by atoms with Crippen LogP contribution in [0.4, 0.5) is 5.82 Å². The van der Waals surface area contributed by atoms with Crippen molar-refractivity contribution in [2.45, 2.75) is 52.0 Å². The molecule has 0 unspecified atom stereocenters. The number of nitrogen functional groups attached to an aromatic ring is 1. The third-order valence-electron chi connectivity index (χ3n) is 4.06. The molecule has 1 heterocycles. The number of anilines is 1. The van der Waals surface area contributed by atoms with Crippen LogP contribution in [0.1, 0.15) is 57.0 Å². The van der Waals surface area contributed by atoms with Crippen LogP contribution in [-0.4, -0.2) is 9.55 Å². The molecule has 1 saturated carbocycles. The van der Waals surface area contributed by atoms with E-state index in [1.807, 2.05) is 0 Å². The van der Waals surface area contributed by atoms with Crippen LogP contribution >= 0.6 is 0 Å². The summed E-state index contributed by atoms with van der Waals surface area (Å²) in [4.78, 5) is 4.78. The predicted octanol–water partition coefficient (Wildman–Crippen LogP) is 4.15. The number of hydrogen-bond acceptors (Lipinski definition) is 2. The zero-order chi connectivity index (χ0) is 14.3. The van der Waals surface area contributed by atoms with Crippen molar-refractivity contribution in [3.05, 3.63) is 35.7 Å².